The van der Waals surface area contributed by atoms with Gasteiger partial charge in [-0.05, 0) is 82.3 Å². The normalized spacial score (nSPS) is 13.4. The summed E-state index contributed by atoms with van der Waals surface area (Å²) in [4.78, 5) is 96.0. The zero-order valence-corrected chi connectivity index (χ0v) is 36.8. The summed E-state index contributed by atoms with van der Waals surface area (Å²) in [5.74, 6) is -4.23. The molecule has 9 N–H and O–H groups in total. The molecule has 0 aliphatic heterocycles. The van der Waals surface area contributed by atoms with Crippen LogP contribution >= 0.6 is 0 Å². The summed E-state index contributed by atoms with van der Waals surface area (Å²) in [6, 6.07) is 15.4. The minimum atomic E-state index is -1.08. The van der Waals surface area contributed by atoms with Crippen molar-refractivity contribution in [3.05, 3.63) is 78.4 Å². The van der Waals surface area contributed by atoms with Gasteiger partial charge in [-0.25, -0.2) is 4.98 Å². The molecule has 5 aromatic rings. The molecule has 0 bridgehead atoms. The van der Waals surface area contributed by atoms with Gasteiger partial charge in [-0.2, -0.15) is 0 Å². The number of aromatic amines is 1. The summed E-state index contributed by atoms with van der Waals surface area (Å²) in [5.41, 5.74) is 7.23. The number of hydrogen-bond acceptors (Lipinski definition) is 8. The highest BCUT2D eigenvalue weighted by Crippen LogP contribution is 2.36. The molecule has 0 saturated heterocycles. The van der Waals surface area contributed by atoms with Gasteiger partial charge in [0.15, 0.2) is 0 Å². The Morgan fingerprint density at radius 1 is 0.635 bits per heavy atom. The Morgan fingerprint density at radius 3 is 1.94 bits per heavy atom. The number of unbranched alkanes of at least 4 members (excludes halogenated alkanes) is 2. The maximum atomic E-state index is 13.4. The molecule has 0 spiro atoms. The number of nitrogens with two attached hydrogens (primary N) is 1. The molecule has 5 rings (SSSR count). The van der Waals surface area contributed by atoms with Gasteiger partial charge in [0.2, 0.25) is 41.4 Å². The van der Waals surface area contributed by atoms with Crippen LogP contribution in [0.15, 0.2) is 67.1 Å². The molecule has 16 heteroatoms. The van der Waals surface area contributed by atoms with Crippen LogP contribution in [-0.2, 0) is 46.4 Å². The highest BCUT2D eigenvalue weighted by molar-refractivity contribution is 6.23. The number of carbonyl (C=O) groups excluding carboxylic acids is 7. The summed E-state index contributed by atoms with van der Waals surface area (Å²) in [7, 11) is 0. The highest BCUT2D eigenvalue weighted by Gasteiger charge is 2.32. The molecule has 4 aromatic carbocycles. The lowest BCUT2D eigenvalue weighted by molar-refractivity contribution is -0.135. The molecule has 336 valence electrons. The molecule has 1 heterocycles. The molecule has 4 atom stereocenters. The van der Waals surface area contributed by atoms with Crippen molar-refractivity contribution >= 4 is 73.7 Å². The Balaban J connectivity index is 0.977. The second-order valence-corrected chi connectivity index (χ2v) is 16.9. The molecular formula is C47H61N9O7. The van der Waals surface area contributed by atoms with Crippen molar-refractivity contribution in [3.63, 3.8) is 0 Å². The number of rotatable bonds is 24. The predicted molar refractivity (Wildman–Crippen MR) is 242 cm³/mol. The van der Waals surface area contributed by atoms with Gasteiger partial charge in [0.1, 0.15) is 24.2 Å². The number of aryl methyl sites for hydroxylation is 1. The van der Waals surface area contributed by atoms with Gasteiger partial charge < -0.3 is 42.6 Å². The van der Waals surface area contributed by atoms with Crippen molar-refractivity contribution in [1.82, 2.24) is 41.9 Å². The van der Waals surface area contributed by atoms with E-state index in [-0.39, 0.29) is 36.5 Å². The minimum absolute atomic E-state index is 0.00105. The van der Waals surface area contributed by atoms with Crippen LogP contribution in [0.25, 0.3) is 32.3 Å². The maximum absolute atomic E-state index is 13.4. The first-order valence-electron chi connectivity index (χ1n) is 21.8. The number of H-pyrrole nitrogens is 1. The van der Waals surface area contributed by atoms with Gasteiger partial charge in [-0.1, -0.05) is 88.7 Å². The lowest BCUT2D eigenvalue weighted by Crippen LogP contribution is -2.59. The average Bonchev–Trinajstić information content (AvgIpc) is 3.77. The second-order valence-electron chi connectivity index (χ2n) is 16.9. The Hall–Kier alpha value is -6.58. The van der Waals surface area contributed by atoms with Crippen molar-refractivity contribution < 1.29 is 33.6 Å². The molecule has 0 aliphatic carbocycles. The van der Waals surface area contributed by atoms with E-state index in [0.29, 0.717) is 37.9 Å². The van der Waals surface area contributed by atoms with Gasteiger partial charge in [-0.3, -0.25) is 33.6 Å². The van der Waals surface area contributed by atoms with E-state index in [4.69, 9.17) is 5.73 Å². The summed E-state index contributed by atoms with van der Waals surface area (Å²) in [6.07, 6.45) is 7.14. The Morgan fingerprint density at radius 2 is 1.27 bits per heavy atom. The zero-order valence-electron chi connectivity index (χ0n) is 36.8. The van der Waals surface area contributed by atoms with E-state index in [9.17, 15) is 33.6 Å². The van der Waals surface area contributed by atoms with E-state index < -0.39 is 60.2 Å². The predicted octanol–water partition coefficient (Wildman–Crippen LogP) is 3.42. The SMILES string of the molecule is CC(C)[C@@H](NC(=O)CCCCCNC(=O)CCCc1ccc2ccc3cccc4ccc1c2c34)C(=O)N[C@@H](C(=O)N[C@H](C)C(=O)NCC(=O)N[C@H](Cc1cnc[nH]1)C(N)=O)C(C)C. The van der Waals surface area contributed by atoms with E-state index in [1.807, 2.05) is 0 Å². The smallest absolute Gasteiger partial charge is 0.243 e. The van der Waals surface area contributed by atoms with Crippen molar-refractivity contribution in [2.45, 2.75) is 110 Å². The monoisotopic (exact) mass is 863 g/mol. The molecule has 0 aliphatic rings. The first-order valence-corrected chi connectivity index (χ1v) is 21.8. The number of imidazole rings is 1. The third-order valence-electron chi connectivity index (χ3n) is 11.2. The first-order chi connectivity index (χ1) is 30.1. The lowest BCUT2D eigenvalue weighted by atomic mass is 9.90. The largest absolute Gasteiger partial charge is 0.368 e. The summed E-state index contributed by atoms with van der Waals surface area (Å²) >= 11 is 0. The highest BCUT2D eigenvalue weighted by atomic mass is 16.2. The number of nitrogens with zero attached hydrogens (tertiary/aromatic N) is 1. The van der Waals surface area contributed by atoms with Gasteiger partial charge in [-0.15, -0.1) is 0 Å². The number of amides is 7. The molecule has 0 unspecified atom stereocenters. The van der Waals surface area contributed by atoms with Gasteiger partial charge >= 0.3 is 0 Å². The Kier molecular flexibility index (Phi) is 16.9. The Labute approximate surface area is 367 Å². The van der Waals surface area contributed by atoms with Crippen LogP contribution in [0.5, 0.6) is 0 Å². The molecule has 0 fully saturated rings. The third-order valence-corrected chi connectivity index (χ3v) is 11.2. The van der Waals surface area contributed by atoms with Crippen molar-refractivity contribution in [1.29, 1.82) is 0 Å². The first kappa shape index (κ1) is 47.5. The fourth-order valence-corrected chi connectivity index (χ4v) is 7.69. The van der Waals surface area contributed by atoms with Crippen molar-refractivity contribution in [3.8, 4) is 0 Å². The summed E-state index contributed by atoms with van der Waals surface area (Å²) in [6.45, 7) is 8.50. The van der Waals surface area contributed by atoms with E-state index >= 15 is 0 Å². The van der Waals surface area contributed by atoms with Gasteiger partial charge in [0.05, 0.1) is 12.9 Å². The van der Waals surface area contributed by atoms with Gasteiger partial charge in [0, 0.05) is 37.7 Å². The number of carbonyl (C=O) groups is 7. The molecule has 0 saturated carbocycles. The molecule has 63 heavy (non-hydrogen) atoms. The van der Waals surface area contributed by atoms with Crippen LogP contribution in [0.2, 0.25) is 0 Å². The van der Waals surface area contributed by atoms with Crippen LogP contribution in [0.1, 0.15) is 84.4 Å². The lowest BCUT2D eigenvalue weighted by Gasteiger charge is -2.28. The summed E-state index contributed by atoms with van der Waals surface area (Å²) in [5, 5.41) is 23.5. The molecule has 1 aromatic heterocycles. The number of benzene rings is 4. The van der Waals surface area contributed by atoms with E-state index in [1.165, 1.54) is 57.3 Å². The molecule has 16 nitrogen and oxygen atoms in total. The van der Waals surface area contributed by atoms with E-state index in [0.717, 1.165) is 12.8 Å². The topological polar surface area (TPSA) is 246 Å². The number of aromatic nitrogens is 2. The van der Waals surface area contributed by atoms with Crippen LogP contribution in [-0.4, -0.2) is 88.6 Å². The molecule has 0 radical (unpaired) electrons. The van der Waals surface area contributed by atoms with Crippen LogP contribution in [0.3, 0.4) is 0 Å². The van der Waals surface area contributed by atoms with Crippen LogP contribution in [0, 0.1) is 11.8 Å². The van der Waals surface area contributed by atoms with E-state index in [1.54, 1.807) is 27.7 Å². The average molecular weight is 864 g/mol. The maximum Gasteiger partial charge on any atom is 0.243 e. The van der Waals surface area contributed by atoms with Crippen LogP contribution < -0.4 is 37.6 Å². The quantitative estimate of drug-likeness (QED) is 0.0337. The van der Waals surface area contributed by atoms with E-state index in [2.05, 4.69) is 96.5 Å². The van der Waals surface area contributed by atoms with Crippen molar-refractivity contribution in [2.75, 3.05) is 13.1 Å². The fraction of sp³-hybridized carbons (Fsp3) is 0.447. The third kappa shape index (κ3) is 13.2. The van der Waals surface area contributed by atoms with Gasteiger partial charge in [0.25, 0.3) is 0 Å². The molecular weight excluding hydrogens is 803 g/mol. The number of primary amides is 1. The standard InChI is InChI=1S/C47H61N9O7/c1-27(2)42(47(63)56-43(28(3)4)46(62)53-29(5)45(61)51-25-39(59)54-36(44(48)60)23-34-24-49-26-52-34)55-38(58)14-7-6-8-22-50-37(57)15-10-11-30-16-17-33-19-18-31-12-9-13-32-20-21-35(30)41(33)40(31)32/h9,12-13,16-21,24,26-29,36,42-43H,6-8,10-11,14-15,22-23,25H2,1-5H3,(H2,48,60)(H,49,52)(H,50,57)(H,51,61)(H,53,62)(H,54,59)(H,55,58)(H,56,63)/t29-,36-,42-,43-/m1/s1. The number of nitrogens with one attached hydrogen (secondary N) is 7. The zero-order chi connectivity index (χ0) is 45.6. The molecule has 7 amide bonds. The fourth-order valence-electron chi connectivity index (χ4n) is 7.69. The number of hydrogen-bond donors (Lipinski definition) is 8. The Bertz CT molecular complexity index is 2360. The summed E-state index contributed by atoms with van der Waals surface area (Å²) < 4.78 is 0. The van der Waals surface area contributed by atoms with Crippen LogP contribution in [0.4, 0.5) is 0 Å². The second kappa shape index (κ2) is 22.5. The van der Waals surface area contributed by atoms with Crippen molar-refractivity contribution in [2.24, 2.45) is 17.6 Å². The minimum Gasteiger partial charge on any atom is -0.368 e.